The lowest BCUT2D eigenvalue weighted by Crippen LogP contribution is -2.19. The van der Waals surface area contributed by atoms with Gasteiger partial charge in [-0.3, -0.25) is 4.79 Å². The summed E-state index contributed by atoms with van der Waals surface area (Å²) < 4.78 is 4.96. The summed E-state index contributed by atoms with van der Waals surface area (Å²) in [4.78, 5) is 10.00. The number of ether oxygens (including phenoxy) is 1. The Bertz CT molecular complexity index is 117. The van der Waals surface area contributed by atoms with Crippen molar-refractivity contribution < 1.29 is 9.53 Å². The standard InChI is InChI=1S/C10H21NO2/c1-10(8-11-9-12)6-4-3-5-7-13-2/h9-10H,3-8H2,1-2H3,(H,11,12). The lowest BCUT2D eigenvalue weighted by atomic mass is 10.0. The Hall–Kier alpha value is -0.570. The van der Waals surface area contributed by atoms with Crippen molar-refractivity contribution in [2.75, 3.05) is 20.3 Å². The van der Waals surface area contributed by atoms with Gasteiger partial charge in [-0.15, -0.1) is 0 Å². The number of hydrogen-bond donors (Lipinski definition) is 1. The molecule has 0 spiro atoms. The van der Waals surface area contributed by atoms with Crippen LogP contribution in [0.25, 0.3) is 0 Å². The molecule has 0 saturated heterocycles. The van der Waals surface area contributed by atoms with Crippen molar-refractivity contribution in [1.82, 2.24) is 5.32 Å². The van der Waals surface area contributed by atoms with E-state index in [1.54, 1.807) is 7.11 Å². The van der Waals surface area contributed by atoms with Crippen LogP contribution in [-0.4, -0.2) is 26.7 Å². The van der Waals surface area contributed by atoms with Crippen LogP contribution >= 0.6 is 0 Å². The van der Waals surface area contributed by atoms with E-state index >= 15 is 0 Å². The Morgan fingerprint density at radius 1 is 1.38 bits per heavy atom. The van der Waals surface area contributed by atoms with Gasteiger partial charge in [-0.1, -0.05) is 19.8 Å². The largest absolute Gasteiger partial charge is 0.385 e. The average Bonchev–Trinajstić information content (AvgIpc) is 2.14. The van der Waals surface area contributed by atoms with Gasteiger partial charge in [-0.2, -0.15) is 0 Å². The van der Waals surface area contributed by atoms with Gasteiger partial charge < -0.3 is 10.1 Å². The summed E-state index contributed by atoms with van der Waals surface area (Å²) in [5.41, 5.74) is 0. The first-order valence-corrected chi connectivity index (χ1v) is 4.97. The number of rotatable bonds is 9. The molecule has 0 radical (unpaired) electrons. The molecule has 78 valence electrons. The SMILES string of the molecule is COCCCCCC(C)CNC=O. The van der Waals surface area contributed by atoms with Crippen LogP contribution in [0.15, 0.2) is 0 Å². The van der Waals surface area contributed by atoms with Crippen LogP contribution in [0, 0.1) is 5.92 Å². The fraction of sp³-hybridized carbons (Fsp3) is 0.900. The number of amides is 1. The Kier molecular flexibility index (Phi) is 9.10. The van der Waals surface area contributed by atoms with Gasteiger partial charge in [-0.05, 0) is 18.8 Å². The molecule has 0 saturated carbocycles. The molecule has 0 aliphatic rings. The minimum Gasteiger partial charge on any atom is -0.385 e. The van der Waals surface area contributed by atoms with E-state index in [1.165, 1.54) is 19.3 Å². The molecule has 0 aromatic heterocycles. The van der Waals surface area contributed by atoms with E-state index in [9.17, 15) is 4.79 Å². The van der Waals surface area contributed by atoms with Crippen molar-refractivity contribution in [3.05, 3.63) is 0 Å². The third-order valence-electron chi connectivity index (χ3n) is 2.10. The third-order valence-corrected chi connectivity index (χ3v) is 2.10. The van der Waals surface area contributed by atoms with Gasteiger partial charge in [0.25, 0.3) is 0 Å². The zero-order chi connectivity index (χ0) is 9.94. The Morgan fingerprint density at radius 2 is 2.15 bits per heavy atom. The van der Waals surface area contributed by atoms with Crippen molar-refractivity contribution in [1.29, 1.82) is 0 Å². The summed E-state index contributed by atoms with van der Waals surface area (Å²) in [6.45, 7) is 3.82. The third kappa shape index (κ3) is 9.34. The molecule has 1 N–H and O–H groups in total. The summed E-state index contributed by atoms with van der Waals surface area (Å²) in [5.74, 6) is 0.591. The van der Waals surface area contributed by atoms with Crippen molar-refractivity contribution in [2.45, 2.75) is 32.6 Å². The minimum atomic E-state index is 0.591. The smallest absolute Gasteiger partial charge is 0.207 e. The number of carbonyl (C=O) groups excluding carboxylic acids is 1. The van der Waals surface area contributed by atoms with Crippen LogP contribution in [0.4, 0.5) is 0 Å². The molecule has 0 aromatic carbocycles. The summed E-state index contributed by atoms with van der Waals surface area (Å²) in [5, 5.41) is 2.69. The number of nitrogens with one attached hydrogen (secondary N) is 1. The molecule has 1 amide bonds. The first kappa shape index (κ1) is 12.4. The van der Waals surface area contributed by atoms with Gasteiger partial charge in [0.1, 0.15) is 0 Å². The molecule has 1 unspecified atom stereocenters. The Labute approximate surface area is 80.8 Å². The fourth-order valence-electron chi connectivity index (χ4n) is 1.27. The first-order valence-electron chi connectivity index (χ1n) is 4.97. The van der Waals surface area contributed by atoms with Crippen LogP contribution < -0.4 is 5.32 Å². The predicted molar refractivity (Wildman–Crippen MR) is 53.6 cm³/mol. The molecule has 3 nitrogen and oxygen atoms in total. The molecular formula is C10H21NO2. The molecule has 13 heavy (non-hydrogen) atoms. The first-order chi connectivity index (χ1) is 6.31. The molecule has 0 heterocycles. The monoisotopic (exact) mass is 187 g/mol. The van der Waals surface area contributed by atoms with Gasteiger partial charge in [-0.25, -0.2) is 0 Å². The number of methoxy groups -OCH3 is 1. The van der Waals surface area contributed by atoms with E-state index in [0.717, 1.165) is 26.0 Å². The summed E-state index contributed by atoms with van der Waals surface area (Å²) in [6, 6.07) is 0. The Balaban J connectivity index is 3.07. The Morgan fingerprint density at radius 3 is 2.77 bits per heavy atom. The average molecular weight is 187 g/mol. The van der Waals surface area contributed by atoms with Gasteiger partial charge in [0, 0.05) is 20.3 Å². The van der Waals surface area contributed by atoms with Gasteiger partial charge >= 0.3 is 0 Å². The fourth-order valence-corrected chi connectivity index (χ4v) is 1.27. The molecule has 1 atom stereocenters. The quantitative estimate of drug-likeness (QED) is 0.439. The van der Waals surface area contributed by atoms with Crippen molar-refractivity contribution in [3.63, 3.8) is 0 Å². The number of carbonyl (C=O) groups is 1. The molecule has 0 aliphatic heterocycles. The van der Waals surface area contributed by atoms with Crippen LogP contribution in [0.3, 0.4) is 0 Å². The molecular weight excluding hydrogens is 166 g/mol. The highest BCUT2D eigenvalue weighted by Gasteiger charge is 2.00. The lowest BCUT2D eigenvalue weighted by Gasteiger charge is -2.09. The molecule has 0 fully saturated rings. The maximum atomic E-state index is 10.00. The van der Waals surface area contributed by atoms with E-state index in [2.05, 4.69) is 12.2 Å². The summed E-state index contributed by atoms with van der Waals surface area (Å²) in [7, 11) is 1.73. The summed E-state index contributed by atoms with van der Waals surface area (Å²) >= 11 is 0. The van der Waals surface area contributed by atoms with Crippen molar-refractivity contribution >= 4 is 6.41 Å². The second-order valence-electron chi connectivity index (χ2n) is 3.47. The van der Waals surface area contributed by atoms with E-state index in [-0.39, 0.29) is 0 Å². The molecule has 0 aliphatic carbocycles. The maximum absolute atomic E-state index is 10.00. The normalized spacial score (nSPS) is 12.5. The van der Waals surface area contributed by atoms with E-state index in [1.807, 2.05) is 0 Å². The van der Waals surface area contributed by atoms with Gasteiger partial charge in [0.2, 0.25) is 6.41 Å². The second-order valence-corrected chi connectivity index (χ2v) is 3.47. The van der Waals surface area contributed by atoms with Gasteiger partial charge in [0.15, 0.2) is 0 Å². The summed E-state index contributed by atoms with van der Waals surface area (Å²) in [6.07, 6.45) is 5.54. The molecule has 3 heteroatoms. The molecule has 0 bridgehead atoms. The van der Waals surface area contributed by atoms with E-state index in [4.69, 9.17) is 4.74 Å². The van der Waals surface area contributed by atoms with Crippen molar-refractivity contribution in [3.8, 4) is 0 Å². The number of unbranched alkanes of at least 4 members (excludes halogenated alkanes) is 2. The van der Waals surface area contributed by atoms with Crippen molar-refractivity contribution in [2.24, 2.45) is 5.92 Å². The van der Waals surface area contributed by atoms with Gasteiger partial charge in [0.05, 0.1) is 0 Å². The highest BCUT2D eigenvalue weighted by molar-refractivity contribution is 5.45. The van der Waals surface area contributed by atoms with E-state index in [0.29, 0.717) is 5.92 Å². The molecule has 0 rings (SSSR count). The highest BCUT2D eigenvalue weighted by atomic mass is 16.5. The van der Waals surface area contributed by atoms with E-state index < -0.39 is 0 Å². The van der Waals surface area contributed by atoms with Crippen LogP contribution in [-0.2, 0) is 9.53 Å². The minimum absolute atomic E-state index is 0.591. The topological polar surface area (TPSA) is 38.3 Å². The lowest BCUT2D eigenvalue weighted by molar-refractivity contribution is -0.109. The molecule has 0 aromatic rings. The number of hydrogen-bond acceptors (Lipinski definition) is 2. The zero-order valence-corrected chi connectivity index (χ0v) is 8.71. The maximum Gasteiger partial charge on any atom is 0.207 e. The predicted octanol–water partition coefficient (Wildman–Crippen LogP) is 1.58. The highest BCUT2D eigenvalue weighted by Crippen LogP contribution is 2.08. The second kappa shape index (κ2) is 9.52. The zero-order valence-electron chi connectivity index (χ0n) is 8.71. The van der Waals surface area contributed by atoms with Crippen LogP contribution in [0.2, 0.25) is 0 Å². The van der Waals surface area contributed by atoms with Crippen LogP contribution in [0.5, 0.6) is 0 Å². The van der Waals surface area contributed by atoms with Crippen LogP contribution in [0.1, 0.15) is 32.6 Å².